The van der Waals surface area contributed by atoms with Crippen LogP contribution in [0.4, 0.5) is 0 Å². The maximum Gasteiger partial charge on any atom is 0.222 e. The van der Waals surface area contributed by atoms with Gasteiger partial charge in [-0.1, -0.05) is 0 Å². The molecule has 3 aliphatic heterocycles. The van der Waals surface area contributed by atoms with Crippen LogP contribution >= 0.6 is 24.8 Å². The van der Waals surface area contributed by atoms with Crippen molar-refractivity contribution in [3.05, 3.63) is 0 Å². The summed E-state index contributed by atoms with van der Waals surface area (Å²) in [7, 11) is 0. The van der Waals surface area contributed by atoms with E-state index in [1.807, 2.05) is 0 Å². The third-order valence-electron chi connectivity index (χ3n) is 5.76. The molecule has 4 rings (SSSR count). The monoisotopic (exact) mass is 349 g/mol. The van der Waals surface area contributed by atoms with Gasteiger partial charge in [-0.3, -0.25) is 9.69 Å². The van der Waals surface area contributed by atoms with E-state index in [4.69, 9.17) is 0 Å². The molecule has 1 N–H and O–H groups in total. The van der Waals surface area contributed by atoms with E-state index in [-0.39, 0.29) is 24.8 Å². The fraction of sp³-hybridized carbons (Fsp3) is 0.938. The number of fused-ring (bicyclic) bond motifs is 2. The van der Waals surface area contributed by atoms with Crippen LogP contribution in [0.5, 0.6) is 0 Å². The summed E-state index contributed by atoms with van der Waals surface area (Å²) in [5.74, 6) is 1.06. The van der Waals surface area contributed by atoms with Crippen LogP contribution in [-0.4, -0.2) is 60.0 Å². The molecule has 2 atom stereocenters. The van der Waals surface area contributed by atoms with Gasteiger partial charge in [0.05, 0.1) is 0 Å². The van der Waals surface area contributed by atoms with Gasteiger partial charge >= 0.3 is 0 Å². The standard InChI is InChI=1S/C16H27N3O.2ClH/c20-16(11-12-9-13-1-2-14(10-12)17-13)19-7-5-18(6-8-19)15-3-4-15;;/h12-15,17H,1-11H2;2*1H. The van der Waals surface area contributed by atoms with Crippen molar-refractivity contribution in [2.24, 2.45) is 5.92 Å². The lowest BCUT2D eigenvalue weighted by molar-refractivity contribution is -0.134. The first kappa shape index (κ1) is 18.3. The highest BCUT2D eigenvalue weighted by Gasteiger charge is 2.36. The third-order valence-corrected chi connectivity index (χ3v) is 5.76. The number of piperazine rings is 1. The summed E-state index contributed by atoms with van der Waals surface area (Å²) in [6, 6.07) is 2.27. The zero-order valence-corrected chi connectivity index (χ0v) is 14.8. The van der Waals surface area contributed by atoms with Gasteiger partial charge < -0.3 is 10.2 Å². The molecule has 4 aliphatic rings. The first-order valence-corrected chi connectivity index (χ1v) is 8.56. The number of hydrogen-bond donors (Lipinski definition) is 1. The number of piperidine rings is 1. The van der Waals surface area contributed by atoms with Crippen LogP contribution in [0.15, 0.2) is 0 Å². The fourth-order valence-electron chi connectivity index (χ4n) is 4.49. The van der Waals surface area contributed by atoms with Crippen molar-refractivity contribution < 1.29 is 4.79 Å². The van der Waals surface area contributed by atoms with Crippen molar-refractivity contribution in [2.45, 2.75) is 63.1 Å². The van der Waals surface area contributed by atoms with Crippen molar-refractivity contribution in [2.75, 3.05) is 26.2 Å². The molecule has 0 radical (unpaired) electrons. The van der Waals surface area contributed by atoms with Gasteiger partial charge in [-0.25, -0.2) is 0 Å². The van der Waals surface area contributed by atoms with Crippen LogP contribution in [0.2, 0.25) is 0 Å². The van der Waals surface area contributed by atoms with Crippen LogP contribution in [0.1, 0.15) is 44.9 Å². The number of carbonyl (C=O) groups is 1. The Balaban J connectivity index is 0.000000882. The maximum atomic E-state index is 12.5. The van der Waals surface area contributed by atoms with Crippen molar-refractivity contribution in [1.29, 1.82) is 0 Å². The van der Waals surface area contributed by atoms with Crippen molar-refractivity contribution >= 4 is 30.7 Å². The van der Waals surface area contributed by atoms with Gasteiger partial charge in [-0.05, 0) is 44.4 Å². The molecule has 4 nitrogen and oxygen atoms in total. The highest BCUT2D eigenvalue weighted by atomic mass is 35.5. The highest BCUT2D eigenvalue weighted by molar-refractivity contribution is 5.85. The molecule has 0 aromatic rings. The molecule has 0 aromatic heterocycles. The van der Waals surface area contributed by atoms with E-state index in [2.05, 4.69) is 15.1 Å². The fourth-order valence-corrected chi connectivity index (χ4v) is 4.49. The van der Waals surface area contributed by atoms with Gasteiger partial charge in [0.2, 0.25) is 5.91 Å². The normalized spacial score (nSPS) is 34.7. The topological polar surface area (TPSA) is 35.6 Å². The van der Waals surface area contributed by atoms with E-state index in [0.717, 1.165) is 38.6 Å². The average molecular weight is 350 g/mol. The van der Waals surface area contributed by atoms with Crippen LogP contribution < -0.4 is 5.32 Å². The van der Waals surface area contributed by atoms with E-state index in [1.165, 1.54) is 38.5 Å². The lowest BCUT2D eigenvalue weighted by atomic mass is 9.89. The van der Waals surface area contributed by atoms with E-state index < -0.39 is 0 Å². The molecule has 1 aliphatic carbocycles. The Morgan fingerprint density at radius 1 is 0.909 bits per heavy atom. The van der Waals surface area contributed by atoms with Crippen molar-refractivity contribution in [3.8, 4) is 0 Å². The predicted molar refractivity (Wildman–Crippen MR) is 93.0 cm³/mol. The Kier molecular flexibility index (Phi) is 6.40. The predicted octanol–water partition coefficient (Wildman–Crippen LogP) is 2.06. The zero-order chi connectivity index (χ0) is 13.5. The van der Waals surface area contributed by atoms with E-state index in [0.29, 0.717) is 23.9 Å². The molecule has 1 amide bonds. The molecule has 1 saturated carbocycles. The molecule has 128 valence electrons. The van der Waals surface area contributed by atoms with Gasteiger partial charge in [0.1, 0.15) is 0 Å². The van der Waals surface area contributed by atoms with E-state index in [1.54, 1.807) is 0 Å². The van der Waals surface area contributed by atoms with Crippen molar-refractivity contribution in [3.63, 3.8) is 0 Å². The van der Waals surface area contributed by atoms with E-state index >= 15 is 0 Å². The Labute approximate surface area is 146 Å². The first-order valence-electron chi connectivity index (χ1n) is 8.56. The first-order chi connectivity index (χ1) is 9.78. The van der Waals surface area contributed by atoms with Gasteiger partial charge in [0, 0.05) is 50.7 Å². The minimum atomic E-state index is 0. The molecule has 6 heteroatoms. The molecule has 2 bridgehead atoms. The SMILES string of the molecule is Cl.Cl.O=C(CC1CC2CCC(C1)N2)N1CCN(C2CC2)CC1. The minimum absolute atomic E-state index is 0. The van der Waals surface area contributed by atoms with Crippen LogP contribution in [-0.2, 0) is 4.79 Å². The molecule has 3 heterocycles. The van der Waals surface area contributed by atoms with Gasteiger partial charge in [-0.15, -0.1) is 24.8 Å². The Hall–Kier alpha value is -0.0300. The molecule has 2 unspecified atom stereocenters. The lowest BCUT2D eigenvalue weighted by Crippen LogP contribution is -2.50. The second-order valence-electron chi connectivity index (χ2n) is 7.33. The number of halogens is 2. The maximum absolute atomic E-state index is 12.5. The van der Waals surface area contributed by atoms with E-state index in [9.17, 15) is 4.79 Å². The third kappa shape index (κ3) is 4.08. The summed E-state index contributed by atoms with van der Waals surface area (Å²) in [5.41, 5.74) is 0. The van der Waals surface area contributed by atoms with Crippen LogP contribution in [0.3, 0.4) is 0 Å². The summed E-state index contributed by atoms with van der Waals surface area (Å²) in [5, 5.41) is 3.67. The average Bonchev–Trinajstić information content (AvgIpc) is 3.25. The van der Waals surface area contributed by atoms with Gasteiger partial charge in [-0.2, -0.15) is 0 Å². The number of amides is 1. The number of carbonyl (C=O) groups excluding carboxylic acids is 1. The Morgan fingerprint density at radius 3 is 2.05 bits per heavy atom. The number of nitrogens with zero attached hydrogens (tertiary/aromatic N) is 2. The summed E-state index contributed by atoms with van der Waals surface area (Å²) >= 11 is 0. The van der Waals surface area contributed by atoms with Crippen molar-refractivity contribution in [1.82, 2.24) is 15.1 Å². The highest BCUT2D eigenvalue weighted by Crippen LogP contribution is 2.33. The molecule has 0 aromatic carbocycles. The summed E-state index contributed by atoms with van der Waals surface area (Å²) in [4.78, 5) is 17.2. The Bertz CT molecular complexity index is 372. The second-order valence-corrected chi connectivity index (χ2v) is 7.33. The molecular formula is C16H29Cl2N3O. The molecule has 22 heavy (non-hydrogen) atoms. The number of hydrogen-bond acceptors (Lipinski definition) is 3. The Morgan fingerprint density at radius 2 is 1.50 bits per heavy atom. The smallest absolute Gasteiger partial charge is 0.222 e. The summed E-state index contributed by atoms with van der Waals surface area (Å²) in [6.07, 6.45) is 8.68. The minimum Gasteiger partial charge on any atom is -0.340 e. The summed E-state index contributed by atoms with van der Waals surface area (Å²) in [6.45, 7) is 4.14. The van der Waals surface area contributed by atoms with Gasteiger partial charge in [0.25, 0.3) is 0 Å². The number of rotatable bonds is 3. The molecule has 3 saturated heterocycles. The second kappa shape index (κ2) is 7.69. The largest absolute Gasteiger partial charge is 0.340 e. The zero-order valence-electron chi connectivity index (χ0n) is 13.2. The number of nitrogens with one attached hydrogen (secondary N) is 1. The van der Waals surface area contributed by atoms with Gasteiger partial charge in [0.15, 0.2) is 0 Å². The molecular weight excluding hydrogens is 321 g/mol. The summed E-state index contributed by atoms with van der Waals surface area (Å²) < 4.78 is 0. The van der Waals surface area contributed by atoms with Crippen LogP contribution in [0, 0.1) is 5.92 Å². The quantitative estimate of drug-likeness (QED) is 0.846. The van der Waals surface area contributed by atoms with Crippen LogP contribution in [0.25, 0.3) is 0 Å². The lowest BCUT2D eigenvalue weighted by Gasteiger charge is -2.36. The molecule has 0 spiro atoms. The molecule has 4 fully saturated rings.